The first kappa shape index (κ1) is 25.9. The van der Waals surface area contributed by atoms with Gasteiger partial charge in [-0.25, -0.2) is 4.39 Å². The standard InChI is InChI=1S/C28H32FN3O3/c1-4-5-6-10-13-24-19-26(28(30(2)3)31(24)20-21-11-8-7-9-12-21)27(33)15-14-22-16-23(29)18-25(17-22)32(34)35/h7-13,16-19H,4-6,14-15,20H2,1-3H3/b13-10+. The summed E-state index contributed by atoms with van der Waals surface area (Å²) in [5.41, 5.74) is 2.78. The number of hydrogen-bond donors (Lipinski definition) is 0. The number of ketones is 1. The van der Waals surface area contributed by atoms with E-state index in [4.69, 9.17) is 0 Å². The van der Waals surface area contributed by atoms with Crippen LogP contribution >= 0.6 is 0 Å². The third-order valence-corrected chi connectivity index (χ3v) is 5.81. The van der Waals surface area contributed by atoms with E-state index in [2.05, 4.69) is 35.8 Å². The zero-order chi connectivity index (χ0) is 25.4. The van der Waals surface area contributed by atoms with Gasteiger partial charge in [0.1, 0.15) is 11.6 Å². The van der Waals surface area contributed by atoms with Crippen LogP contribution in [0.3, 0.4) is 0 Å². The van der Waals surface area contributed by atoms with E-state index in [1.807, 2.05) is 43.3 Å². The van der Waals surface area contributed by atoms with Crippen LogP contribution in [0.1, 0.15) is 59.8 Å². The average molecular weight is 478 g/mol. The van der Waals surface area contributed by atoms with Crippen molar-refractivity contribution in [3.63, 3.8) is 0 Å². The molecule has 7 heteroatoms. The molecule has 1 aromatic heterocycles. The first-order valence-corrected chi connectivity index (χ1v) is 11.9. The molecule has 184 valence electrons. The van der Waals surface area contributed by atoms with Crippen molar-refractivity contribution >= 4 is 23.4 Å². The molecule has 0 fully saturated rings. The van der Waals surface area contributed by atoms with E-state index in [9.17, 15) is 19.3 Å². The zero-order valence-electron chi connectivity index (χ0n) is 20.5. The van der Waals surface area contributed by atoms with Gasteiger partial charge in [0.25, 0.3) is 5.69 Å². The third kappa shape index (κ3) is 6.88. The molecule has 3 aromatic rings. The lowest BCUT2D eigenvalue weighted by Crippen LogP contribution is -2.18. The number of allylic oxidation sites excluding steroid dienone is 1. The highest BCUT2D eigenvalue weighted by atomic mass is 19.1. The summed E-state index contributed by atoms with van der Waals surface area (Å²) in [7, 11) is 3.82. The number of non-ortho nitro benzene ring substituents is 1. The number of nitro benzene ring substituents is 1. The number of aromatic nitrogens is 1. The van der Waals surface area contributed by atoms with Crippen molar-refractivity contribution in [3.05, 3.63) is 99.0 Å². The Morgan fingerprint density at radius 2 is 1.86 bits per heavy atom. The van der Waals surface area contributed by atoms with Crippen LogP contribution in [0, 0.1) is 15.9 Å². The normalized spacial score (nSPS) is 11.2. The molecule has 0 unspecified atom stereocenters. The number of unbranched alkanes of at least 4 members (excludes halogenated alkanes) is 2. The second-order valence-electron chi connectivity index (χ2n) is 8.82. The van der Waals surface area contributed by atoms with Gasteiger partial charge in [-0.2, -0.15) is 0 Å². The summed E-state index contributed by atoms with van der Waals surface area (Å²) in [5.74, 6) is 0.0407. The molecule has 3 rings (SSSR count). The van der Waals surface area contributed by atoms with E-state index in [1.54, 1.807) is 0 Å². The van der Waals surface area contributed by atoms with Gasteiger partial charge in [0.15, 0.2) is 5.78 Å². The van der Waals surface area contributed by atoms with E-state index in [-0.39, 0.29) is 24.3 Å². The number of nitrogens with zero attached hydrogens (tertiary/aromatic N) is 3. The van der Waals surface area contributed by atoms with Crippen LogP contribution < -0.4 is 4.90 Å². The first-order valence-electron chi connectivity index (χ1n) is 11.9. The third-order valence-electron chi connectivity index (χ3n) is 5.81. The molecule has 0 amide bonds. The van der Waals surface area contributed by atoms with Crippen LogP contribution in [0.4, 0.5) is 15.9 Å². The maximum absolute atomic E-state index is 13.8. The molecular weight excluding hydrogens is 445 g/mol. The van der Waals surface area contributed by atoms with E-state index >= 15 is 0 Å². The quantitative estimate of drug-likeness (QED) is 0.126. The number of nitro groups is 1. The Bertz CT molecular complexity index is 1200. The second kappa shape index (κ2) is 12.1. The van der Waals surface area contributed by atoms with Crippen LogP contribution in [-0.2, 0) is 13.0 Å². The summed E-state index contributed by atoms with van der Waals surface area (Å²) in [4.78, 5) is 25.7. The number of halogens is 1. The van der Waals surface area contributed by atoms with Crippen LogP contribution in [0.5, 0.6) is 0 Å². The number of Topliss-reactive ketones (excluding diaryl/α,β-unsaturated/α-hetero) is 1. The van der Waals surface area contributed by atoms with Crippen molar-refractivity contribution in [1.82, 2.24) is 4.57 Å². The zero-order valence-corrected chi connectivity index (χ0v) is 20.5. The van der Waals surface area contributed by atoms with Gasteiger partial charge < -0.3 is 9.47 Å². The molecule has 0 radical (unpaired) electrons. The minimum absolute atomic E-state index is 0.0874. The molecule has 0 aliphatic carbocycles. The molecule has 0 aliphatic rings. The molecule has 2 aromatic carbocycles. The predicted molar refractivity (Wildman–Crippen MR) is 139 cm³/mol. The van der Waals surface area contributed by atoms with Gasteiger partial charge in [-0.05, 0) is 42.2 Å². The molecule has 0 atom stereocenters. The monoisotopic (exact) mass is 477 g/mol. The summed E-state index contributed by atoms with van der Waals surface area (Å²) in [6, 6.07) is 15.5. The summed E-state index contributed by atoms with van der Waals surface area (Å²) in [5, 5.41) is 11.1. The lowest BCUT2D eigenvalue weighted by molar-refractivity contribution is -0.385. The van der Waals surface area contributed by atoms with Crippen molar-refractivity contribution < 1.29 is 14.1 Å². The van der Waals surface area contributed by atoms with Crippen molar-refractivity contribution in [1.29, 1.82) is 0 Å². The Labute approximate surface area is 205 Å². The summed E-state index contributed by atoms with van der Waals surface area (Å²) >= 11 is 0. The Balaban J connectivity index is 1.93. The molecule has 1 heterocycles. The second-order valence-corrected chi connectivity index (χ2v) is 8.82. The minimum Gasteiger partial charge on any atom is -0.364 e. The largest absolute Gasteiger partial charge is 0.364 e. The molecular formula is C28H32FN3O3. The van der Waals surface area contributed by atoms with Gasteiger partial charge in [-0.3, -0.25) is 14.9 Å². The van der Waals surface area contributed by atoms with Gasteiger partial charge in [-0.1, -0.05) is 56.2 Å². The predicted octanol–water partition coefficient (Wildman–Crippen LogP) is 6.67. The molecule has 0 aliphatic heterocycles. The number of benzene rings is 2. The number of carbonyl (C=O) groups is 1. The SMILES string of the molecule is CCCC/C=C/c1cc(C(=O)CCc2cc(F)cc([N+](=O)[O-])c2)c(N(C)C)n1Cc1ccccc1. The summed E-state index contributed by atoms with van der Waals surface area (Å²) in [6.07, 6.45) is 7.72. The highest BCUT2D eigenvalue weighted by Crippen LogP contribution is 2.29. The van der Waals surface area contributed by atoms with Crippen LogP contribution in [-0.4, -0.2) is 29.4 Å². The minimum atomic E-state index is -0.677. The number of hydrogen-bond acceptors (Lipinski definition) is 4. The number of aryl methyl sites for hydroxylation is 1. The Hall–Kier alpha value is -3.74. The highest BCUT2D eigenvalue weighted by Gasteiger charge is 2.21. The first-order chi connectivity index (χ1) is 16.8. The fourth-order valence-electron chi connectivity index (χ4n) is 4.12. The van der Waals surface area contributed by atoms with Gasteiger partial charge in [0, 0.05) is 38.8 Å². The lowest BCUT2D eigenvalue weighted by atomic mass is 10.0. The Kier molecular flexibility index (Phi) is 8.95. The van der Waals surface area contributed by atoms with Gasteiger partial charge in [0.2, 0.25) is 0 Å². The molecule has 0 saturated heterocycles. The van der Waals surface area contributed by atoms with Crippen LogP contribution in [0.2, 0.25) is 0 Å². The number of rotatable bonds is 12. The lowest BCUT2D eigenvalue weighted by Gasteiger charge is -2.20. The van der Waals surface area contributed by atoms with E-state index < -0.39 is 10.7 Å². The van der Waals surface area contributed by atoms with Crippen molar-refractivity contribution in [2.75, 3.05) is 19.0 Å². The fourth-order valence-corrected chi connectivity index (χ4v) is 4.12. The summed E-state index contributed by atoms with van der Waals surface area (Å²) in [6.45, 7) is 2.77. The molecule has 0 bridgehead atoms. The van der Waals surface area contributed by atoms with Crippen molar-refractivity contribution in [2.45, 2.75) is 45.6 Å². The van der Waals surface area contributed by atoms with E-state index in [1.165, 1.54) is 12.1 Å². The van der Waals surface area contributed by atoms with Crippen molar-refractivity contribution in [2.24, 2.45) is 0 Å². The molecule has 0 spiro atoms. The van der Waals surface area contributed by atoms with Gasteiger partial charge in [0.05, 0.1) is 16.6 Å². The van der Waals surface area contributed by atoms with Crippen molar-refractivity contribution in [3.8, 4) is 0 Å². The molecule has 35 heavy (non-hydrogen) atoms. The fraction of sp³-hybridized carbons (Fsp3) is 0.321. The molecule has 6 nitrogen and oxygen atoms in total. The van der Waals surface area contributed by atoms with Crippen LogP contribution in [0.15, 0.2) is 60.7 Å². The smallest absolute Gasteiger partial charge is 0.272 e. The topological polar surface area (TPSA) is 68.4 Å². The van der Waals surface area contributed by atoms with Crippen LogP contribution in [0.25, 0.3) is 6.08 Å². The Morgan fingerprint density at radius 3 is 2.51 bits per heavy atom. The van der Waals surface area contributed by atoms with E-state index in [0.29, 0.717) is 17.7 Å². The highest BCUT2D eigenvalue weighted by molar-refractivity contribution is 6.01. The maximum Gasteiger partial charge on any atom is 0.272 e. The number of anilines is 1. The molecule has 0 saturated carbocycles. The van der Waals surface area contributed by atoms with Gasteiger partial charge >= 0.3 is 0 Å². The summed E-state index contributed by atoms with van der Waals surface area (Å²) < 4.78 is 16.0. The molecule has 0 N–H and O–H groups in total. The van der Waals surface area contributed by atoms with Gasteiger partial charge in [-0.15, -0.1) is 0 Å². The number of carbonyl (C=O) groups excluding carboxylic acids is 1. The van der Waals surface area contributed by atoms with E-state index in [0.717, 1.165) is 42.4 Å². The Morgan fingerprint density at radius 1 is 1.11 bits per heavy atom. The average Bonchev–Trinajstić information content (AvgIpc) is 3.19. The maximum atomic E-state index is 13.8.